The van der Waals surface area contributed by atoms with Crippen molar-refractivity contribution in [2.75, 3.05) is 48.4 Å². The first-order chi connectivity index (χ1) is 21.5. The molecule has 1 aliphatic heterocycles. The van der Waals surface area contributed by atoms with Crippen molar-refractivity contribution in [1.29, 1.82) is 0 Å². The Morgan fingerprint density at radius 1 is 0.727 bits per heavy atom. The van der Waals surface area contributed by atoms with Gasteiger partial charge in [0.1, 0.15) is 11.6 Å². The molecule has 0 atom stereocenters. The van der Waals surface area contributed by atoms with Gasteiger partial charge in [0.15, 0.2) is 0 Å². The number of fused-ring (bicyclic) bond motifs is 1. The number of amides is 2. The van der Waals surface area contributed by atoms with Crippen molar-refractivity contribution in [3.8, 4) is 5.75 Å². The first-order valence-corrected chi connectivity index (χ1v) is 14.6. The van der Waals surface area contributed by atoms with Crippen LogP contribution in [0.3, 0.4) is 0 Å². The summed E-state index contributed by atoms with van der Waals surface area (Å²) >= 11 is 0. The van der Waals surface area contributed by atoms with Crippen molar-refractivity contribution in [3.05, 3.63) is 132 Å². The molecule has 44 heavy (non-hydrogen) atoms. The van der Waals surface area contributed by atoms with E-state index in [0.717, 1.165) is 46.5 Å². The van der Waals surface area contributed by atoms with Crippen molar-refractivity contribution in [2.24, 2.45) is 0 Å². The van der Waals surface area contributed by atoms with Gasteiger partial charge in [0, 0.05) is 49.7 Å². The van der Waals surface area contributed by atoms with Gasteiger partial charge in [-0.3, -0.25) is 9.59 Å². The minimum atomic E-state index is -0.329. The Labute approximate surface area is 255 Å². The summed E-state index contributed by atoms with van der Waals surface area (Å²) in [5, 5.41) is 7.97. The molecule has 5 aromatic rings. The summed E-state index contributed by atoms with van der Waals surface area (Å²) in [6, 6.07) is 32.9. The van der Waals surface area contributed by atoms with Crippen molar-refractivity contribution in [3.63, 3.8) is 0 Å². The van der Waals surface area contributed by atoms with E-state index in [0.29, 0.717) is 29.9 Å². The molecule has 0 saturated carbocycles. The van der Waals surface area contributed by atoms with E-state index in [1.54, 1.807) is 31.4 Å². The van der Waals surface area contributed by atoms with Crippen LogP contribution in [0.1, 0.15) is 26.3 Å². The second kappa shape index (κ2) is 12.9. The Bertz CT molecular complexity index is 1800. The molecule has 2 N–H and O–H groups in total. The van der Waals surface area contributed by atoms with Crippen LogP contribution in [0.2, 0.25) is 0 Å². The fourth-order valence-corrected chi connectivity index (χ4v) is 5.56. The number of nitrogens with zero attached hydrogens (tertiary/aromatic N) is 2. The topological polar surface area (TPSA) is 73.9 Å². The van der Waals surface area contributed by atoms with Crippen LogP contribution in [-0.2, 0) is 6.54 Å². The van der Waals surface area contributed by atoms with E-state index in [1.165, 1.54) is 12.1 Å². The average molecular weight is 589 g/mol. The Morgan fingerprint density at radius 2 is 1.41 bits per heavy atom. The van der Waals surface area contributed by atoms with Gasteiger partial charge in [0.25, 0.3) is 11.8 Å². The maximum Gasteiger partial charge on any atom is 0.255 e. The second-order valence-corrected chi connectivity index (χ2v) is 10.7. The van der Waals surface area contributed by atoms with Crippen LogP contribution in [0.25, 0.3) is 10.8 Å². The van der Waals surface area contributed by atoms with Crippen LogP contribution >= 0.6 is 0 Å². The number of methoxy groups -OCH3 is 1. The Balaban J connectivity index is 1.23. The number of para-hydroxylation sites is 2. The van der Waals surface area contributed by atoms with Gasteiger partial charge in [-0.1, -0.05) is 54.6 Å². The van der Waals surface area contributed by atoms with Crippen LogP contribution in [0, 0.1) is 5.82 Å². The lowest BCUT2D eigenvalue weighted by molar-refractivity contribution is 0.0950. The van der Waals surface area contributed by atoms with E-state index in [9.17, 15) is 14.0 Å². The van der Waals surface area contributed by atoms with Crippen molar-refractivity contribution < 1.29 is 18.7 Å². The zero-order valence-electron chi connectivity index (χ0n) is 24.4. The molecule has 1 aliphatic rings. The lowest BCUT2D eigenvalue weighted by Crippen LogP contribution is -2.47. The zero-order valence-corrected chi connectivity index (χ0v) is 24.4. The van der Waals surface area contributed by atoms with Gasteiger partial charge in [-0.15, -0.1) is 0 Å². The van der Waals surface area contributed by atoms with Gasteiger partial charge in [-0.25, -0.2) is 4.39 Å². The third kappa shape index (κ3) is 6.34. The van der Waals surface area contributed by atoms with Crippen LogP contribution < -0.4 is 25.2 Å². The minimum absolute atomic E-state index is 0.244. The van der Waals surface area contributed by atoms with Crippen molar-refractivity contribution >= 4 is 39.6 Å². The summed E-state index contributed by atoms with van der Waals surface area (Å²) in [6.07, 6.45) is 0. The number of rotatable bonds is 8. The predicted octanol–water partition coefficient (Wildman–Crippen LogP) is 6.50. The van der Waals surface area contributed by atoms with Crippen molar-refractivity contribution in [1.82, 2.24) is 5.32 Å². The molecule has 0 aliphatic carbocycles. The molecule has 8 heteroatoms. The number of hydrogen-bond donors (Lipinski definition) is 2. The fourth-order valence-electron chi connectivity index (χ4n) is 5.56. The molecule has 0 bridgehead atoms. The molecule has 0 spiro atoms. The molecule has 1 saturated heterocycles. The fraction of sp³-hybridized carbons (Fsp3) is 0.167. The molecule has 0 aromatic heterocycles. The highest BCUT2D eigenvalue weighted by atomic mass is 19.1. The molecular weight excluding hydrogens is 555 g/mol. The highest BCUT2D eigenvalue weighted by Gasteiger charge is 2.24. The largest absolute Gasteiger partial charge is 0.495 e. The summed E-state index contributed by atoms with van der Waals surface area (Å²) in [5.41, 5.74) is 4.11. The highest BCUT2D eigenvalue weighted by molar-refractivity contribution is 6.08. The first kappa shape index (κ1) is 28.7. The summed E-state index contributed by atoms with van der Waals surface area (Å²) in [6.45, 7) is 3.13. The number of hydrogen-bond acceptors (Lipinski definition) is 5. The molecule has 0 radical (unpaired) electrons. The Kier molecular flexibility index (Phi) is 8.41. The van der Waals surface area contributed by atoms with Gasteiger partial charge in [0.05, 0.1) is 18.4 Å². The van der Waals surface area contributed by atoms with E-state index in [4.69, 9.17) is 4.74 Å². The average Bonchev–Trinajstić information content (AvgIpc) is 3.07. The molecule has 1 fully saturated rings. The lowest BCUT2D eigenvalue weighted by atomic mass is 10.1. The molecule has 5 aromatic carbocycles. The van der Waals surface area contributed by atoms with Crippen LogP contribution in [0.15, 0.2) is 109 Å². The highest BCUT2D eigenvalue weighted by Crippen LogP contribution is 2.31. The second-order valence-electron chi connectivity index (χ2n) is 10.7. The molecule has 222 valence electrons. The number of carbonyl (C=O) groups is 2. The summed E-state index contributed by atoms with van der Waals surface area (Å²) < 4.78 is 19.0. The Hall–Kier alpha value is -5.37. The zero-order chi connectivity index (χ0) is 30.5. The normalized spacial score (nSPS) is 13.0. The molecule has 0 unspecified atom stereocenters. The number of benzene rings is 5. The SMILES string of the molecule is COc1ccccc1N1CCN(c2ccc(NC(=O)c3ccc4ccccc4c3)cc2C(=O)NCc2ccc(F)cc2)CC1. The molecule has 2 amide bonds. The van der Waals surface area contributed by atoms with Crippen LogP contribution in [0.4, 0.5) is 21.5 Å². The van der Waals surface area contributed by atoms with Crippen molar-refractivity contribution in [2.45, 2.75) is 6.54 Å². The molecule has 6 rings (SSSR count). The van der Waals surface area contributed by atoms with E-state index in [2.05, 4.69) is 26.5 Å². The lowest BCUT2D eigenvalue weighted by Gasteiger charge is -2.38. The standard InChI is InChI=1S/C36H33FN4O3/c1-44-34-9-5-4-8-33(34)41-20-18-40(19-21-41)32-17-16-30(23-31(32)36(43)38-24-25-10-14-29(37)15-11-25)39-35(42)28-13-12-26-6-2-3-7-27(26)22-28/h2-17,22-23H,18-21,24H2,1H3,(H,38,43)(H,39,42). The van der Waals surface area contributed by atoms with Gasteiger partial charge < -0.3 is 25.2 Å². The van der Waals surface area contributed by atoms with Gasteiger partial charge in [0.2, 0.25) is 0 Å². The van der Waals surface area contributed by atoms with Gasteiger partial charge in [-0.05, 0) is 70.9 Å². The minimum Gasteiger partial charge on any atom is -0.495 e. The number of carbonyl (C=O) groups excluding carboxylic acids is 2. The van der Waals surface area contributed by atoms with Gasteiger partial charge in [-0.2, -0.15) is 0 Å². The van der Waals surface area contributed by atoms with Gasteiger partial charge >= 0.3 is 0 Å². The smallest absolute Gasteiger partial charge is 0.255 e. The van der Waals surface area contributed by atoms with Crippen LogP contribution in [0.5, 0.6) is 5.75 Å². The Morgan fingerprint density at radius 3 is 2.16 bits per heavy atom. The number of ether oxygens (including phenoxy) is 1. The first-order valence-electron chi connectivity index (χ1n) is 14.6. The molecule has 7 nitrogen and oxygen atoms in total. The maximum absolute atomic E-state index is 13.6. The van der Waals surface area contributed by atoms with E-state index in [-0.39, 0.29) is 24.2 Å². The molecule has 1 heterocycles. The van der Waals surface area contributed by atoms with E-state index in [1.807, 2.05) is 66.7 Å². The third-order valence-electron chi connectivity index (χ3n) is 7.92. The predicted molar refractivity (Wildman–Crippen MR) is 173 cm³/mol. The quantitative estimate of drug-likeness (QED) is 0.217. The third-order valence-corrected chi connectivity index (χ3v) is 7.92. The number of piperazine rings is 1. The monoisotopic (exact) mass is 588 g/mol. The number of nitrogens with one attached hydrogen (secondary N) is 2. The molecular formula is C36H33FN4O3. The van der Waals surface area contributed by atoms with Crippen LogP contribution in [-0.4, -0.2) is 45.1 Å². The van der Waals surface area contributed by atoms with E-state index < -0.39 is 0 Å². The summed E-state index contributed by atoms with van der Waals surface area (Å²) in [7, 11) is 1.67. The van der Waals surface area contributed by atoms with E-state index >= 15 is 0 Å². The number of halogens is 1. The summed E-state index contributed by atoms with van der Waals surface area (Å²) in [5.74, 6) is -0.0392. The maximum atomic E-state index is 13.6. The summed E-state index contributed by atoms with van der Waals surface area (Å²) in [4.78, 5) is 31.3. The number of anilines is 3.